The van der Waals surface area contributed by atoms with Crippen molar-refractivity contribution < 1.29 is 19.1 Å². The van der Waals surface area contributed by atoms with Crippen LogP contribution >= 0.6 is 0 Å². The molecule has 0 spiro atoms. The van der Waals surface area contributed by atoms with E-state index in [2.05, 4.69) is 6.58 Å². The first-order chi connectivity index (χ1) is 9.04. The second-order valence-electron chi connectivity index (χ2n) is 4.17. The van der Waals surface area contributed by atoms with Gasteiger partial charge in [0.05, 0.1) is 13.7 Å². The Morgan fingerprint density at radius 2 is 1.84 bits per heavy atom. The molecule has 0 aromatic heterocycles. The van der Waals surface area contributed by atoms with Crippen molar-refractivity contribution in [2.75, 3.05) is 13.7 Å². The van der Waals surface area contributed by atoms with Crippen molar-refractivity contribution in [2.24, 2.45) is 0 Å². The first kappa shape index (κ1) is 15.0. The highest BCUT2D eigenvalue weighted by molar-refractivity contribution is 5.96. The van der Waals surface area contributed by atoms with Gasteiger partial charge in [-0.3, -0.25) is 4.79 Å². The van der Waals surface area contributed by atoms with Gasteiger partial charge in [-0.1, -0.05) is 6.58 Å². The minimum atomic E-state index is -0.420. The average Bonchev–Trinajstić information content (AvgIpc) is 2.43. The first-order valence-electron chi connectivity index (χ1n) is 6.04. The third kappa shape index (κ3) is 4.95. The van der Waals surface area contributed by atoms with E-state index in [1.165, 1.54) is 0 Å². The molecular formula is C15H18O4. The SMILES string of the molecule is C=C(C)C(=O)OCCCC(=O)c1ccc(OC)cc1. The predicted octanol–water partition coefficient (Wildman–Crippen LogP) is 2.78. The van der Waals surface area contributed by atoms with Crippen molar-refractivity contribution in [3.05, 3.63) is 42.0 Å². The van der Waals surface area contributed by atoms with Gasteiger partial charge in [-0.2, -0.15) is 0 Å². The summed E-state index contributed by atoms with van der Waals surface area (Å²) in [5.74, 6) is 0.317. The number of ketones is 1. The van der Waals surface area contributed by atoms with Crippen LogP contribution in [0.3, 0.4) is 0 Å². The van der Waals surface area contributed by atoms with Crippen molar-refractivity contribution >= 4 is 11.8 Å². The van der Waals surface area contributed by atoms with E-state index in [0.717, 1.165) is 0 Å². The van der Waals surface area contributed by atoms with Crippen molar-refractivity contribution in [1.29, 1.82) is 0 Å². The van der Waals surface area contributed by atoms with Gasteiger partial charge in [-0.25, -0.2) is 4.79 Å². The summed E-state index contributed by atoms with van der Waals surface area (Å²) in [6.07, 6.45) is 0.847. The quantitative estimate of drug-likeness (QED) is 0.328. The molecule has 102 valence electrons. The standard InChI is InChI=1S/C15H18O4/c1-11(2)15(17)19-10-4-5-14(16)12-6-8-13(18-3)9-7-12/h6-9H,1,4-5,10H2,2-3H3. The molecule has 0 atom stereocenters. The van der Waals surface area contributed by atoms with Crippen LogP contribution in [0.5, 0.6) is 5.75 Å². The van der Waals surface area contributed by atoms with E-state index < -0.39 is 5.97 Å². The lowest BCUT2D eigenvalue weighted by molar-refractivity contribution is -0.139. The second kappa shape index (κ2) is 7.36. The Kier molecular flexibility index (Phi) is 5.79. The highest BCUT2D eigenvalue weighted by Crippen LogP contribution is 2.13. The Morgan fingerprint density at radius 3 is 2.37 bits per heavy atom. The third-order valence-corrected chi connectivity index (χ3v) is 2.54. The molecule has 0 aliphatic heterocycles. The molecule has 0 saturated carbocycles. The molecule has 0 radical (unpaired) electrons. The topological polar surface area (TPSA) is 52.6 Å². The predicted molar refractivity (Wildman–Crippen MR) is 72.3 cm³/mol. The van der Waals surface area contributed by atoms with Crippen LogP contribution in [0.1, 0.15) is 30.1 Å². The zero-order valence-corrected chi connectivity index (χ0v) is 11.3. The Labute approximate surface area is 113 Å². The fourth-order valence-electron chi connectivity index (χ4n) is 1.44. The summed E-state index contributed by atoms with van der Waals surface area (Å²) in [6, 6.07) is 6.94. The molecule has 1 rings (SSSR count). The van der Waals surface area contributed by atoms with Crippen LogP contribution in [0.25, 0.3) is 0 Å². The van der Waals surface area contributed by atoms with Gasteiger partial charge in [0.15, 0.2) is 5.78 Å². The lowest BCUT2D eigenvalue weighted by Crippen LogP contribution is -2.08. The molecule has 0 N–H and O–H groups in total. The molecule has 4 nitrogen and oxygen atoms in total. The molecular weight excluding hydrogens is 244 g/mol. The van der Waals surface area contributed by atoms with E-state index >= 15 is 0 Å². The maximum Gasteiger partial charge on any atom is 0.333 e. The van der Waals surface area contributed by atoms with E-state index in [-0.39, 0.29) is 12.4 Å². The lowest BCUT2D eigenvalue weighted by Gasteiger charge is -2.05. The van der Waals surface area contributed by atoms with Crippen molar-refractivity contribution in [3.8, 4) is 5.75 Å². The van der Waals surface area contributed by atoms with E-state index in [9.17, 15) is 9.59 Å². The average molecular weight is 262 g/mol. The Bertz CT molecular complexity index is 460. The number of benzene rings is 1. The molecule has 0 amide bonds. The smallest absolute Gasteiger partial charge is 0.333 e. The highest BCUT2D eigenvalue weighted by atomic mass is 16.5. The van der Waals surface area contributed by atoms with Gasteiger partial charge < -0.3 is 9.47 Å². The fraction of sp³-hybridized carbons (Fsp3) is 0.333. The Balaban J connectivity index is 2.34. The molecule has 0 aliphatic carbocycles. The number of hydrogen-bond donors (Lipinski definition) is 0. The van der Waals surface area contributed by atoms with E-state index in [1.54, 1.807) is 38.3 Å². The molecule has 0 fully saturated rings. The maximum absolute atomic E-state index is 11.8. The van der Waals surface area contributed by atoms with Crippen molar-refractivity contribution in [2.45, 2.75) is 19.8 Å². The number of carbonyl (C=O) groups excluding carboxylic acids is 2. The minimum absolute atomic E-state index is 0.0222. The molecule has 0 unspecified atom stereocenters. The van der Waals surface area contributed by atoms with Gasteiger partial charge in [0.25, 0.3) is 0 Å². The lowest BCUT2D eigenvalue weighted by atomic mass is 10.1. The number of carbonyl (C=O) groups is 2. The maximum atomic E-state index is 11.8. The number of Topliss-reactive ketones (excluding diaryl/α,β-unsaturated/α-hetero) is 1. The molecule has 4 heteroatoms. The van der Waals surface area contributed by atoms with Gasteiger partial charge in [0.2, 0.25) is 0 Å². The summed E-state index contributed by atoms with van der Waals surface area (Å²) in [5, 5.41) is 0. The Hall–Kier alpha value is -2.10. The highest BCUT2D eigenvalue weighted by Gasteiger charge is 2.07. The van der Waals surface area contributed by atoms with Crippen LogP contribution < -0.4 is 4.74 Å². The summed E-state index contributed by atoms with van der Waals surface area (Å²) >= 11 is 0. The zero-order valence-electron chi connectivity index (χ0n) is 11.3. The summed E-state index contributed by atoms with van der Waals surface area (Å²) in [5.41, 5.74) is 0.994. The number of esters is 1. The van der Waals surface area contributed by atoms with Crippen LogP contribution in [-0.4, -0.2) is 25.5 Å². The van der Waals surface area contributed by atoms with Crippen LogP contribution in [-0.2, 0) is 9.53 Å². The molecule has 0 heterocycles. The molecule has 19 heavy (non-hydrogen) atoms. The number of methoxy groups -OCH3 is 1. The second-order valence-corrected chi connectivity index (χ2v) is 4.17. The summed E-state index contributed by atoms with van der Waals surface area (Å²) < 4.78 is 9.93. The summed E-state index contributed by atoms with van der Waals surface area (Å²) in [7, 11) is 1.58. The third-order valence-electron chi connectivity index (χ3n) is 2.54. The monoisotopic (exact) mass is 262 g/mol. The minimum Gasteiger partial charge on any atom is -0.497 e. The van der Waals surface area contributed by atoms with Crippen molar-refractivity contribution in [3.63, 3.8) is 0 Å². The van der Waals surface area contributed by atoms with Crippen LogP contribution in [0.15, 0.2) is 36.4 Å². The molecule has 0 saturated heterocycles. The number of ether oxygens (including phenoxy) is 2. The fourth-order valence-corrected chi connectivity index (χ4v) is 1.44. The van der Waals surface area contributed by atoms with Gasteiger partial charge in [0, 0.05) is 17.6 Å². The molecule has 1 aromatic carbocycles. The van der Waals surface area contributed by atoms with Gasteiger partial charge in [-0.15, -0.1) is 0 Å². The van der Waals surface area contributed by atoms with E-state index in [0.29, 0.717) is 29.7 Å². The number of rotatable bonds is 7. The van der Waals surface area contributed by atoms with Crippen molar-refractivity contribution in [1.82, 2.24) is 0 Å². The number of hydrogen-bond acceptors (Lipinski definition) is 4. The Morgan fingerprint density at radius 1 is 1.21 bits per heavy atom. The van der Waals surface area contributed by atoms with Gasteiger partial charge in [-0.05, 0) is 37.6 Å². The van der Waals surface area contributed by atoms with Crippen LogP contribution in [0.4, 0.5) is 0 Å². The van der Waals surface area contributed by atoms with E-state index in [1.807, 2.05) is 0 Å². The largest absolute Gasteiger partial charge is 0.497 e. The van der Waals surface area contributed by atoms with Crippen LogP contribution in [0.2, 0.25) is 0 Å². The van der Waals surface area contributed by atoms with Gasteiger partial charge >= 0.3 is 5.97 Å². The van der Waals surface area contributed by atoms with Crippen LogP contribution in [0, 0.1) is 0 Å². The van der Waals surface area contributed by atoms with Gasteiger partial charge in [0.1, 0.15) is 5.75 Å². The zero-order chi connectivity index (χ0) is 14.3. The first-order valence-corrected chi connectivity index (χ1v) is 6.04. The summed E-state index contributed by atoms with van der Waals surface area (Å²) in [6.45, 7) is 5.30. The molecule has 1 aromatic rings. The molecule has 0 bridgehead atoms. The normalized spacial score (nSPS) is 9.79. The summed E-state index contributed by atoms with van der Waals surface area (Å²) in [4.78, 5) is 22.9. The molecule has 0 aliphatic rings. The van der Waals surface area contributed by atoms with E-state index in [4.69, 9.17) is 9.47 Å².